The minimum absolute atomic E-state index is 0.00874. The summed E-state index contributed by atoms with van der Waals surface area (Å²) in [5.41, 5.74) is -1.61. The van der Waals surface area contributed by atoms with Crippen molar-refractivity contribution in [1.82, 2.24) is 29.8 Å². The largest absolute Gasteiger partial charge is 0.465 e. The summed E-state index contributed by atoms with van der Waals surface area (Å²) in [5, 5.41) is 19.6. The number of carboxylic acid groups (broad SMARTS) is 1. The lowest BCUT2D eigenvalue weighted by molar-refractivity contribution is 0.200. The molecule has 1 atom stereocenters. The van der Waals surface area contributed by atoms with Gasteiger partial charge in [-0.1, -0.05) is 29.8 Å². The summed E-state index contributed by atoms with van der Waals surface area (Å²) >= 11 is 6.24. The maximum atomic E-state index is 16.9. The van der Waals surface area contributed by atoms with Crippen molar-refractivity contribution >= 4 is 34.7 Å². The van der Waals surface area contributed by atoms with E-state index >= 15 is 4.39 Å². The number of fused-ring (bicyclic) bond motifs is 1. The average Bonchev–Trinajstić information content (AvgIpc) is 3.31. The molecule has 1 amide bonds. The number of nitrogens with one attached hydrogen (secondary N) is 2. The first kappa shape index (κ1) is 28.1. The van der Waals surface area contributed by atoms with E-state index < -0.39 is 23.4 Å². The minimum Gasteiger partial charge on any atom is -0.465 e. The molecule has 9 nitrogen and oxygen atoms in total. The lowest BCUT2D eigenvalue weighted by Crippen LogP contribution is -2.30. The lowest BCUT2D eigenvalue weighted by atomic mass is 9.82. The molecule has 1 unspecified atom stereocenters. The Morgan fingerprint density at radius 3 is 2.63 bits per heavy atom. The summed E-state index contributed by atoms with van der Waals surface area (Å²) in [6, 6.07) is 7.16. The molecule has 4 aromatic rings. The van der Waals surface area contributed by atoms with Gasteiger partial charge in [-0.3, -0.25) is 15.7 Å². The first-order valence-electron chi connectivity index (χ1n) is 13.0. The number of aromatic nitrogens is 5. The molecule has 1 aliphatic rings. The van der Waals surface area contributed by atoms with Crippen LogP contribution in [0, 0.1) is 35.4 Å². The fraction of sp³-hybridized carbons (Fsp3) is 0.310. The van der Waals surface area contributed by atoms with Crippen LogP contribution < -0.4 is 5.32 Å². The number of rotatable bonds is 6. The van der Waals surface area contributed by atoms with E-state index in [0.717, 1.165) is 25.7 Å². The van der Waals surface area contributed by atoms with Crippen molar-refractivity contribution in [3.63, 3.8) is 0 Å². The Balaban J connectivity index is 1.77. The fourth-order valence-corrected chi connectivity index (χ4v) is 5.50. The Labute approximate surface area is 239 Å². The SMILES string of the molecule is C#CC1CCC(Cn2c(C(C)(F)c3ccccc3F)nc3nc(C(=N)NC(=O)O)nc(-c4cncc(Cl)c4)c32)CC1. The second-order valence-corrected chi connectivity index (χ2v) is 10.6. The molecule has 3 N–H and O–H groups in total. The Kier molecular flexibility index (Phi) is 7.69. The lowest BCUT2D eigenvalue weighted by Gasteiger charge is -2.29. The smallest absolute Gasteiger partial charge is 0.410 e. The number of carbonyl (C=O) groups is 1. The Morgan fingerprint density at radius 1 is 1.24 bits per heavy atom. The van der Waals surface area contributed by atoms with Gasteiger partial charge in [-0.15, -0.1) is 12.3 Å². The third-order valence-corrected chi connectivity index (χ3v) is 7.57. The number of alkyl halides is 1. The molecule has 5 rings (SSSR count). The first-order valence-corrected chi connectivity index (χ1v) is 13.3. The number of imidazole rings is 1. The molecular weight excluding hydrogens is 552 g/mol. The Hall–Kier alpha value is -4.43. The van der Waals surface area contributed by atoms with Gasteiger partial charge in [0, 0.05) is 36.0 Å². The van der Waals surface area contributed by atoms with Crippen LogP contribution in [0.15, 0.2) is 42.7 Å². The van der Waals surface area contributed by atoms with Crippen LogP contribution in [0.2, 0.25) is 5.02 Å². The zero-order chi connectivity index (χ0) is 29.3. The molecule has 0 aliphatic heterocycles. The number of nitrogens with zero attached hydrogens (tertiary/aromatic N) is 5. The minimum atomic E-state index is -2.39. The van der Waals surface area contributed by atoms with Gasteiger partial charge in [0.1, 0.15) is 17.0 Å². The highest BCUT2D eigenvalue weighted by Gasteiger charge is 2.39. The van der Waals surface area contributed by atoms with Gasteiger partial charge >= 0.3 is 6.09 Å². The summed E-state index contributed by atoms with van der Waals surface area (Å²) in [6.45, 7) is 1.56. The van der Waals surface area contributed by atoms with Crippen LogP contribution >= 0.6 is 11.6 Å². The third-order valence-electron chi connectivity index (χ3n) is 7.36. The Morgan fingerprint density at radius 2 is 1.98 bits per heavy atom. The van der Waals surface area contributed by atoms with Crippen LogP contribution in [0.3, 0.4) is 0 Å². The molecular formula is C29H26ClF2N7O2. The van der Waals surface area contributed by atoms with E-state index in [9.17, 15) is 9.18 Å². The highest BCUT2D eigenvalue weighted by atomic mass is 35.5. The molecule has 1 aliphatic carbocycles. The van der Waals surface area contributed by atoms with Gasteiger partial charge in [-0.05, 0) is 50.7 Å². The van der Waals surface area contributed by atoms with Gasteiger partial charge in [0.2, 0.25) is 0 Å². The average molecular weight is 578 g/mol. The van der Waals surface area contributed by atoms with Crippen LogP contribution in [0.5, 0.6) is 0 Å². The predicted molar refractivity (Wildman–Crippen MR) is 150 cm³/mol. The quantitative estimate of drug-likeness (QED) is 0.148. The summed E-state index contributed by atoms with van der Waals surface area (Å²) in [7, 11) is 0. The third kappa shape index (κ3) is 5.60. The molecule has 3 heterocycles. The van der Waals surface area contributed by atoms with Gasteiger partial charge in [0.25, 0.3) is 0 Å². The number of hydrogen-bond donors (Lipinski definition) is 3. The molecule has 1 aromatic carbocycles. The molecule has 3 aromatic heterocycles. The van der Waals surface area contributed by atoms with E-state index in [-0.39, 0.29) is 40.4 Å². The molecule has 1 fully saturated rings. The van der Waals surface area contributed by atoms with E-state index in [1.165, 1.54) is 37.5 Å². The fourth-order valence-electron chi connectivity index (χ4n) is 5.32. The maximum absolute atomic E-state index is 16.9. The van der Waals surface area contributed by atoms with Crippen LogP contribution in [0.4, 0.5) is 13.6 Å². The monoisotopic (exact) mass is 577 g/mol. The maximum Gasteiger partial charge on any atom is 0.410 e. The van der Waals surface area contributed by atoms with Crippen LogP contribution in [-0.4, -0.2) is 41.5 Å². The number of amides is 1. The Bertz CT molecular complexity index is 1690. The highest BCUT2D eigenvalue weighted by molar-refractivity contribution is 6.30. The number of amidine groups is 1. The molecule has 210 valence electrons. The summed E-state index contributed by atoms with van der Waals surface area (Å²) in [5.74, 6) is 1.39. The van der Waals surface area contributed by atoms with Gasteiger partial charge < -0.3 is 9.67 Å². The van der Waals surface area contributed by atoms with Gasteiger partial charge in [0.05, 0.1) is 5.02 Å². The van der Waals surface area contributed by atoms with E-state index in [1.54, 1.807) is 16.7 Å². The van der Waals surface area contributed by atoms with Crippen LogP contribution in [0.1, 0.15) is 49.8 Å². The number of halogens is 3. The zero-order valence-electron chi connectivity index (χ0n) is 22.0. The van der Waals surface area contributed by atoms with Crippen molar-refractivity contribution < 1.29 is 18.7 Å². The standard InChI is InChI=1S/C29H26ClF2N7O2/c1-3-16-8-10-17(11-9-16)15-39-23-22(18-12-19(30)14-34-13-18)35-26(24(33)36-28(40)41)37-25(23)38-27(39)29(2,32)20-6-4-5-7-21(20)31/h1,4-7,12-14,16-17H,8-11,15H2,2H3,(H2,33,36)(H,40,41). The molecule has 0 radical (unpaired) electrons. The van der Waals surface area contributed by atoms with Crippen LogP contribution in [-0.2, 0) is 12.2 Å². The van der Waals surface area contributed by atoms with Gasteiger partial charge in [-0.25, -0.2) is 28.5 Å². The second kappa shape index (κ2) is 11.2. The number of pyridine rings is 1. The first-order chi connectivity index (χ1) is 19.6. The van der Waals surface area contributed by atoms with Crippen molar-refractivity contribution in [2.75, 3.05) is 0 Å². The number of benzene rings is 1. The van der Waals surface area contributed by atoms with E-state index in [4.69, 9.17) is 28.5 Å². The zero-order valence-corrected chi connectivity index (χ0v) is 22.8. The molecule has 0 bridgehead atoms. The topological polar surface area (TPSA) is 130 Å². The molecule has 12 heteroatoms. The number of terminal acetylenes is 1. The van der Waals surface area contributed by atoms with Crippen molar-refractivity contribution in [2.45, 2.75) is 44.8 Å². The highest BCUT2D eigenvalue weighted by Crippen LogP contribution is 2.40. The van der Waals surface area contributed by atoms with Crippen molar-refractivity contribution in [1.29, 1.82) is 5.41 Å². The van der Waals surface area contributed by atoms with Crippen LogP contribution in [0.25, 0.3) is 22.4 Å². The van der Waals surface area contributed by atoms with Crippen molar-refractivity contribution in [2.24, 2.45) is 11.8 Å². The van der Waals surface area contributed by atoms with E-state index in [2.05, 4.69) is 25.9 Å². The molecule has 0 saturated heterocycles. The molecule has 1 saturated carbocycles. The summed E-state index contributed by atoms with van der Waals surface area (Å²) in [4.78, 5) is 28.7. The van der Waals surface area contributed by atoms with Gasteiger partial charge in [0.15, 0.2) is 28.8 Å². The second-order valence-electron chi connectivity index (χ2n) is 10.2. The van der Waals surface area contributed by atoms with Crippen molar-refractivity contribution in [3.8, 4) is 23.6 Å². The predicted octanol–water partition coefficient (Wildman–Crippen LogP) is 5.95. The summed E-state index contributed by atoms with van der Waals surface area (Å²) < 4.78 is 33.5. The molecule has 0 spiro atoms. The number of hydrogen-bond acceptors (Lipinski definition) is 6. The van der Waals surface area contributed by atoms with Gasteiger partial charge in [-0.2, -0.15) is 0 Å². The van der Waals surface area contributed by atoms with E-state index in [1.807, 2.05) is 5.32 Å². The normalized spacial score (nSPS) is 18.4. The van der Waals surface area contributed by atoms with Crippen molar-refractivity contribution in [3.05, 3.63) is 70.8 Å². The van der Waals surface area contributed by atoms with E-state index in [0.29, 0.717) is 22.6 Å². The summed E-state index contributed by atoms with van der Waals surface area (Å²) in [6.07, 6.45) is 10.3. The molecule has 41 heavy (non-hydrogen) atoms.